The van der Waals surface area contributed by atoms with E-state index in [4.69, 9.17) is 5.73 Å². The van der Waals surface area contributed by atoms with Crippen LogP contribution in [0.2, 0.25) is 0 Å². The zero-order valence-corrected chi connectivity index (χ0v) is 11.6. The van der Waals surface area contributed by atoms with Crippen LogP contribution in [0.5, 0.6) is 0 Å². The lowest BCUT2D eigenvalue weighted by atomic mass is 10.4. The molecule has 0 bridgehead atoms. The summed E-state index contributed by atoms with van der Waals surface area (Å²) in [6.45, 7) is 1.02. The fourth-order valence-electron chi connectivity index (χ4n) is 1.58. The van der Waals surface area contributed by atoms with Crippen LogP contribution in [0.1, 0.15) is 5.56 Å². The molecule has 8 heteroatoms. The van der Waals surface area contributed by atoms with Crippen molar-refractivity contribution < 1.29 is 12.6 Å². The summed E-state index contributed by atoms with van der Waals surface area (Å²) in [6, 6.07) is 1.62. The van der Waals surface area contributed by atoms with E-state index in [1.54, 1.807) is 11.4 Å². The Kier molecular flexibility index (Phi) is 3.99. The summed E-state index contributed by atoms with van der Waals surface area (Å²) in [5.41, 5.74) is 6.29. The average Bonchev–Trinajstić information content (AvgIpc) is 2.78. The molecule has 2 N–H and O–H groups in total. The van der Waals surface area contributed by atoms with E-state index in [9.17, 15) is 12.6 Å². The molecule has 1 aliphatic heterocycles. The van der Waals surface area contributed by atoms with Crippen molar-refractivity contribution in [2.45, 2.75) is 10.8 Å². The van der Waals surface area contributed by atoms with E-state index in [0.29, 0.717) is 35.3 Å². The van der Waals surface area contributed by atoms with Gasteiger partial charge in [-0.3, -0.25) is 4.21 Å². The predicted molar refractivity (Wildman–Crippen MR) is 68.8 cm³/mol. The van der Waals surface area contributed by atoms with Gasteiger partial charge in [-0.25, -0.2) is 8.42 Å². The van der Waals surface area contributed by atoms with Gasteiger partial charge < -0.3 is 5.73 Å². The molecule has 1 aromatic rings. The van der Waals surface area contributed by atoms with Crippen LogP contribution in [-0.4, -0.2) is 41.5 Å². The predicted octanol–water partition coefficient (Wildman–Crippen LogP) is -0.0402. The maximum absolute atomic E-state index is 12.2. The lowest BCUT2D eigenvalue weighted by molar-refractivity contribution is 0.440. The third-order valence-corrected chi connectivity index (χ3v) is 7.23. The monoisotopic (exact) mass is 294 g/mol. The zero-order chi connectivity index (χ0) is 12.5. The Morgan fingerprint density at radius 1 is 1.41 bits per heavy atom. The van der Waals surface area contributed by atoms with Crippen molar-refractivity contribution in [3.8, 4) is 0 Å². The molecule has 1 aliphatic rings. The second kappa shape index (κ2) is 5.15. The Bertz CT molecular complexity index is 513. The maximum atomic E-state index is 12.2. The molecule has 17 heavy (non-hydrogen) atoms. The third-order valence-electron chi connectivity index (χ3n) is 2.60. The largest absolute Gasteiger partial charge is 0.326 e. The van der Waals surface area contributed by atoms with Gasteiger partial charge in [0.1, 0.15) is 4.21 Å². The highest BCUT2D eigenvalue weighted by atomic mass is 32.2. The quantitative estimate of drug-likeness (QED) is 0.848. The minimum absolute atomic E-state index is 0.325. The molecule has 1 fully saturated rings. The highest BCUT2D eigenvalue weighted by Gasteiger charge is 2.29. The first kappa shape index (κ1) is 13.2. The Hall–Kier alpha value is -0.280. The Morgan fingerprint density at radius 3 is 2.59 bits per heavy atom. The second-order valence-corrected chi connectivity index (χ2v) is 8.50. The molecule has 2 heterocycles. The van der Waals surface area contributed by atoms with Gasteiger partial charge in [0.15, 0.2) is 0 Å². The lowest BCUT2D eigenvalue weighted by Gasteiger charge is -2.24. The van der Waals surface area contributed by atoms with E-state index in [0.717, 1.165) is 5.56 Å². The molecular formula is C9H14N2O3S3. The molecule has 0 amide bonds. The van der Waals surface area contributed by atoms with Gasteiger partial charge in [0.2, 0.25) is 0 Å². The van der Waals surface area contributed by atoms with E-state index >= 15 is 0 Å². The van der Waals surface area contributed by atoms with Gasteiger partial charge in [0.05, 0.1) is 0 Å². The Morgan fingerprint density at radius 2 is 2.06 bits per heavy atom. The van der Waals surface area contributed by atoms with Gasteiger partial charge in [0, 0.05) is 41.9 Å². The lowest BCUT2D eigenvalue weighted by Crippen LogP contribution is -2.41. The normalized spacial score (nSPS) is 19.6. The minimum Gasteiger partial charge on any atom is -0.326 e. The van der Waals surface area contributed by atoms with Crippen LogP contribution in [0.15, 0.2) is 15.7 Å². The molecule has 1 aromatic heterocycles. The molecule has 5 nitrogen and oxygen atoms in total. The van der Waals surface area contributed by atoms with Gasteiger partial charge in [-0.15, -0.1) is 11.3 Å². The number of thiophene rings is 1. The van der Waals surface area contributed by atoms with Crippen molar-refractivity contribution in [1.29, 1.82) is 0 Å². The highest BCUT2D eigenvalue weighted by Crippen LogP contribution is 2.24. The van der Waals surface area contributed by atoms with Gasteiger partial charge >= 0.3 is 0 Å². The van der Waals surface area contributed by atoms with Crippen LogP contribution < -0.4 is 5.73 Å². The SMILES string of the molecule is NCc1csc(S(=O)(=O)N2CCS(=O)CC2)c1. The van der Waals surface area contributed by atoms with Gasteiger partial charge in [-0.2, -0.15) is 4.31 Å². The molecule has 1 saturated heterocycles. The number of hydrogen-bond acceptors (Lipinski definition) is 5. The molecule has 0 unspecified atom stereocenters. The second-order valence-electron chi connectivity index (χ2n) is 3.73. The zero-order valence-electron chi connectivity index (χ0n) is 9.16. The van der Waals surface area contributed by atoms with Crippen molar-refractivity contribution in [3.63, 3.8) is 0 Å². The number of rotatable bonds is 3. The molecule has 0 aromatic carbocycles. The Labute approximate surface area is 107 Å². The van der Waals surface area contributed by atoms with E-state index in [-0.39, 0.29) is 0 Å². The summed E-state index contributed by atoms with van der Waals surface area (Å²) >= 11 is 1.19. The topological polar surface area (TPSA) is 80.5 Å². The summed E-state index contributed by atoms with van der Waals surface area (Å²) in [5, 5.41) is 1.76. The Balaban J connectivity index is 2.21. The average molecular weight is 294 g/mol. The van der Waals surface area contributed by atoms with Crippen LogP contribution in [0.25, 0.3) is 0 Å². The molecule has 0 saturated carbocycles. The van der Waals surface area contributed by atoms with E-state index < -0.39 is 20.8 Å². The van der Waals surface area contributed by atoms with E-state index in [2.05, 4.69) is 0 Å². The molecule has 0 spiro atoms. The summed E-state index contributed by atoms with van der Waals surface area (Å²) in [5.74, 6) is 0.850. The number of hydrogen-bond donors (Lipinski definition) is 1. The molecular weight excluding hydrogens is 280 g/mol. The number of sulfonamides is 1. The van der Waals surface area contributed by atoms with E-state index in [1.807, 2.05) is 0 Å². The van der Waals surface area contributed by atoms with Gasteiger partial charge in [-0.05, 0) is 17.0 Å². The fourth-order valence-corrected chi connectivity index (χ4v) is 5.68. The van der Waals surface area contributed by atoms with Crippen LogP contribution in [0, 0.1) is 0 Å². The van der Waals surface area contributed by atoms with Crippen molar-refractivity contribution in [2.24, 2.45) is 5.73 Å². The molecule has 0 aliphatic carbocycles. The van der Waals surface area contributed by atoms with Gasteiger partial charge in [-0.1, -0.05) is 0 Å². The summed E-state index contributed by atoms with van der Waals surface area (Å²) in [6.07, 6.45) is 0. The van der Waals surface area contributed by atoms with Crippen molar-refractivity contribution >= 4 is 32.2 Å². The smallest absolute Gasteiger partial charge is 0.252 e. The summed E-state index contributed by atoms with van der Waals surface area (Å²) in [4.78, 5) is 0. The van der Waals surface area contributed by atoms with E-state index in [1.165, 1.54) is 15.6 Å². The summed E-state index contributed by atoms with van der Waals surface area (Å²) in [7, 11) is -4.28. The molecule has 0 atom stereocenters. The summed E-state index contributed by atoms with van der Waals surface area (Å²) < 4.78 is 37.4. The molecule has 2 rings (SSSR count). The van der Waals surface area contributed by atoms with Crippen molar-refractivity contribution in [1.82, 2.24) is 4.31 Å². The van der Waals surface area contributed by atoms with Crippen LogP contribution in [0.4, 0.5) is 0 Å². The molecule has 0 radical (unpaired) electrons. The standard InChI is InChI=1S/C9H14N2O3S3/c10-6-8-5-9(15-7-8)17(13,14)11-1-3-16(12)4-2-11/h5,7H,1-4,6,10H2. The first-order valence-corrected chi connectivity index (χ1v) is 8.97. The maximum Gasteiger partial charge on any atom is 0.252 e. The number of nitrogens with two attached hydrogens (primary N) is 1. The third kappa shape index (κ3) is 2.76. The van der Waals surface area contributed by atoms with Crippen LogP contribution in [-0.2, 0) is 27.4 Å². The van der Waals surface area contributed by atoms with Crippen LogP contribution >= 0.6 is 11.3 Å². The highest BCUT2D eigenvalue weighted by molar-refractivity contribution is 7.91. The first-order chi connectivity index (χ1) is 8.04. The fraction of sp³-hybridized carbons (Fsp3) is 0.556. The van der Waals surface area contributed by atoms with Crippen LogP contribution in [0.3, 0.4) is 0 Å². The van der Waals surface area contributed by atoms with Gasteiger partial charge in [0.25, 0.3) is 10.0 Å². The van der Waals surface area contributed by atoms with Crippen molar-refractivity contribution in [3.05, 3.63) is 17.0 Å². The molecule has 96 valence electrons. The van der Waals surface area contributed by atoms with Crippen molar-refractivity contribution in [2.75, 3.05) is 24.6 Å². The number of nitrogens with zero attached hydrogens (tertiary/aromatic N) is 1. The first-order valence-electron chi connectivity index (χ1n) is 5.16. The minimum atomic E-state index is -3.41.